The summed E-state index contributed by atoms with van der Waals surface area (Å²) in [5.41, 5.74) is 3.91. The average molecular weight is 767 g/mol. The van der Waals surface area contributed by atoms with Gasteiger partial charge in [-0.25, -0.2) is 4.98 Å². The van der Waals surface area contributed by atoms with Gasteiger partial charge in [-0.1, -0.05) is 65.1 Å². The first-order valence-electron chi connectivity index (χ1n) is 16.9. The van der Waals surface area contributed by atoms with Crippen LogP contribution >= 0.6 is 34.8 Å². The van der Waals surface area contributed by atoms with Crippen LogP contribution in [0.15, 0.2) is 60.8 Å². The van der Waals surface area contributed by atoms with Crippen molar-refractivity contribution in [3.05, 3.63) is 98.4 Å². The number of carbonyl (C=O) groups excluding carboxylic acids is 3. The molecule has 5 N–H and O–H groups in total. The predicted octanol–water partition coefficient (Wildman–Crippen LogP) is 5.68. The Morgan fingerprint density at radius 3 is 2.21 bits per heavy atom. The monoisotopic (exact) mass is 765 g/mol. The Hall–Kier alpha value is -4.46. The summed E-state index contributed by atoms with van der Waals surface area (Å²) >= 11 is 20.3. The van der Waals surface area contributed by atoms with Gasteiger partial charge >= 0.3 is 0 Å². The predicted molar refractivity (Wildman–Crippen MR) is 200 cm³/mol. The van der Waals surface area contributed by atoms with E-state index in [2.05, 4.69) is 36.6 Å². The third kappa shape index (κ3) is 9.30. The Morgan fingerprint density at radius 2 is 1.56 bits per heavy atom. The third-order valence-corrected chi connectivity index (χ3v) is 10.00. The van der Waals surface area contributed by atoms with Crippen LogP contribution in [-0.2, 0) is 29.3 Å². The Balaban J connectivity index is 1.09. The maximum absolute atomic E-state index is 13.1. The van der Waals surface area contributed by atoms with E-state index in [9.17, 15) is 14.4 Å². The van der Waals surface area contributed by atoms with E-state index in [4.69, 9.17) is 44.3 Å². The number of amides is 3. The molecule has 52 heavy (non-hydrogen) atoms. The molecule has 2 aliphatic rings. The van der Waals surface area contributed by atoms with Gasteiger partial charge in [-0.05, 0) is 42.7 Å². The van der Waals surface area contributed by atoms with Crippen LogP contribution in [0.25, 0.3) is 11.1 Å². The standard InChI is InChI=1S/C37H38Cl3N7O5/c1-51-37-22(19-44-24-11-13-42-33(49)16-24)14-27(38)30(47-37)20-52-31-7-3-5-26(35(31)40)25-4-2-6-28(34(25)39)46-36(50)29-9-8-21(18-45-29)17-43-23-10-12-41-32(48)15-23/h2-9,14,18,23-24,43-44H,10-13,15-17,19-20H2,1H3,(H,41,48)(H,42,49)(H,46,50). The molecule has 2 aromatic carbocycles. The second-order valence-electron chi connectivity index (χ2n) is 12.5. The molecule has 12 nitrogen and oxygen atoms in total. The molecule has 0 bridgehead atoms. The van der Waals surface area contributed by atoms with Crippen molar-refractivity contribution in [1.82, 2.24) is 31.2 Å². The first-order chi connectivity index (χ1) is 25.2. The van der Waals surface area contributed by atoms with E-state index in [1.165, 1.54) is 7.11 Å². The van der Waals surface area contributed by atoms with E-state index in [0.717, 1.165) is 24.0 Å². The zero-order chi connectivity index (χ0) is 36.6. The minimum atomic E-state index is -0.423. The minimum absolute atomic E-state index is 0.0122. The van der Waals surface area contributed by atoms with Gasteiger partial charge in [0.1, 0.15) is 23.7 Å². The fourth-order valence-electron chi connectivity index (χ4n) is 6.05. The number of nitrogens with one attached hydrogen (secondary N) is 5. The van der Waals surface area contributed by atoms with Gasteiger partial charge in [0.15, 0.2) is 0 Å². The highest BCUT2D eigenvalue weighted by molar-refractivity contribution is 6.39. The number of rotatable bonds is 13. The molecule has 15 heteroatoms. The van der Waals surface area contributed by atoms with Gasteiger partial charge in [-0.2, -0.15) is 0 Å². The summed E-state index contributed by atoms with van der Waals surface area (Å²) in [7, 11) is 1.53. The Kier molecular flexibility index (Phi) is 12.5. The Labute approximate surface area is 316 Å². The molecule has 0 spiro atoms. The van der Waals surface area contributed by atoms with Gasteiger partial charge in [0.05, 0.1) is 27.9 Å². The quantitative estimate of drug-likeness (QED) is 0.116. The zero-order valence-corrected chi connectivity index (χ0v) is 30.6. The number of pyridine rings is 2. The minimum Gasteiger partial charge on any atom is -0.486 e. The van der Waals surface area contributed by atoms with E-state index >= 15 is 0 Å². The van der Waals surface area contributed by atoms with Crippen LogP contribution in [0.1, 0.15) is 53.0 Å². The lowest BCUT2D eigenvalue weighted by molar-refractivity contribution is -0.123. The normalized spacial score (nSPS) is 17.2. The molecule has 2 unspecified atom stereocenters. The summed E-state index contributed by atoms with van der Waals surface area (Å²) in [4.78, 5) is 45.4. The topological polar surface area (TPSA) is 156 Å². The van der Waals surface area contributed by atoms with Gasteiger partial charge in [-0.15, -0.1) is 0 Å². The molecule has 2 atom stereocenters. The second-order valence-corrected chi connectivity index (χ2v) is 13.7. The molecule has 0 aliphatic carbocycles. The Morgan fingerprint density at radius 1 is 0.885 bits per heavy atom. The first-order valence-corrected chi connectivity index (χ1v) is 18.0. The van der Waals surface area contributed by atoms with Crippen LogP contribution < -0.4 is 36.1 Å². The Bertz CT molecular complexity index is 1950. The number of hydrogen-bond donors (Lipinski definition) is 5. The molecule has 2 aromatic heterocycles. The van der Waals surface area contributed by atoms with Crippen LogP contribution in [0, 0.1) is 0 Å². The van der Waals surface area contributed by atoms with Crippen LogP contribution in [0.5, 0.6) is 11.6 Å². The van der Waals surface area contributed by atoms with Crippen LogP contribution in [-0.4, -0.2) is 60.0 Å². The number of aromatic nitrogens is 2. The maximum atomic E-state index is 13.1. The smallest absolute Gasteiger partial charge is 0.274 e. The molecule has 2 aliphatic heterocycles. The number of piperidine rings is 2. The molecule has 3 amide bonds. The number of halogens is 3. The van der Waals surface area contributed by atoms with Crippen molar-refractivity contribution >= 4 is 58.2 Å². The summed E-state index contributed by atoms with van der Waals surface area (Å²) in [6, 6.07) is 16.0. The van der Waals surface area contributed by atoms with Gasteiger partial charge < -0.3 is 36.1 Å². The lowest BCUT2D eigenvalue weighted by Crippen LogP contribution is -2.43. The highest BCUT2D eigenvalue weighted by atomic mass is 35.5. The van der Waals surface area contributed by atoms with E-state index in [1.807, 2.05) is 12.1 Å². The van der Waals surface area contributed by atoms with Gasteiger partial charge in [0, 0.05) is 74.0 Å². The number of benzene rings is 2. The van der Waals surface area contributed by atoms with Gasteiger partial charge in [-0.3, -0.25) is 19.4 Å². The molecule has 0 radical (unpaired) electrons. The lowest BCUT2D eigenvalue weighted by Gasteiger charge is -2.23. The zero-order valence-electron chi connectivity index (χ0n) is 28.4. The van der Waals surface area contributed by atoms with Crippen molar-refractivity contribution in [2.24, 2.45) is 0 Å². The summed E-state index contributed by atoms with van der Waals surface area (Å²) in [6.07, 6.45) is 4.19. The molecule has 6 rings (SSSR count). The van der Waals surface area contributed by atoms with Crippen molar-refractivity contribution in [2.45, 2.75) is 57.5 Å². The maximum Gasteiger partial charge on any atom is 0.274 e. The van der Waals surface area contributed by atoms with E-state index in [1.54, 1.807) is 48.7 Å². The molecule has 4 heterocycles. The number of hydrogen-bond acceptors (Lipinski definition) is 9. The van der Waals surface area contributed by atoms with Crippen molar-refractivity contribution in [3.63, 3.8) is 0 Å². The number of nitrogens with zero attached hydrogens (tertiary/aromatic N) is 2. The van der Waals surface area contributed by atoms with Crippen molar-refractivity contribution < 1.29 is 23.9 Å². The number of methoxy groups -OCH3 is 1. The summed E-state index contributed by atoms with van der Waals surface area (Å²) in [5, 5.41) is 16.3. The molecule has 272 valence electrons. The molecule has 0 saturated carbocycles. The highest BCUT2D eigenvalue weighted by Gasteiger charge is 2.22. The summed E-state index contributed by atoms with van der Waals surface area (Å²) in [5.74, 6) is 0.426. The molecule has 2 fully saturated rings. The lowest BCUT2D eigenvalue weighted by atomic mass is 10.0. The average Bonchev–Trinajstić information content (AvgIpc) is 3.14. The fraction of sp³-hybridized carbons (Fsp3) is 0.324. The largest absolute Gasteiger partial charge is 0.486 e. The van der Waals surface area contributed by atoms with Crippen LogP contribution in [0.2, 0.25) is 15.1 Å². The van der Waals surface area contributed by atoms with Gasteiger partial charge in [0.25, 0.3) is 5.91 Å². The second kappa shape index (κ2) is 17.4. The molecule has 2 saturated heterocycles. The van der Waals surface area contributed by atoms with E-state index < -0.39 is 5.91 Å². The third-order valence-electron chi connectivity index (χ3n) is 8.87. The van der Waals surface area contributed by atoms with Gasteiger partial charge in [0.2, 0.25) is 17.7 Å². The fourth-order valence-corrected chi connectivity index (χ4v) is 6.83. The van der Waals surface area contributed by atoms with Crippen LogP contribution in [0.3, 0.4) is 0 Å². The van der Waals surface area contributed by atoms with E-state index in [0.29, 0.717) is 88.2 Å². The number of carbonyl (C=O) groups is 3. The summed E-state index contributed by atoms with van der Waals surface area (Å²) < 4.78 is 11.6. The SMILES string of the molecule is COc1nc(COc2cccc(-c3cccc(NC(=O)c4ccc(CNC5CCNC(=O)C5)cn4)c3Cl)c2Cl)c(Cl)cc1CNC1CCNC(=O)C1. The van der Waals surface area contributed by atoms with Crippen molar-refractivity contribution in [1.29, 1.82) is 0 Å². The number of ether oxygens (including phenoxy) is 2. The first kappa shape index (κ1) is 37.3. The molecular formula is C37H38Cl3N7O5. The summed E-state index contributed by atoms with van der Waals surface area (Å²) in [6.45, 7) is 2.28. The van der Waals surface area contributed by atoms with Crippen LogP contribution in [0.4, 0.5) is 5.69 Å². The molecule has 4 aromatic rings. The highest BCUT2D eigenvalue weighted by Crippen LogP contribution is 2.41. The van der Waals surface area contributed by atoms with E-state index in [-0.39, 0.29) is 36.2 Å². The van der Waals surface area contributed by atoms with Crippen molar-refractivity contribution in [2.75, 3.05) is 25.5 Å². The number of anilines is 1. The van der Waals surface area contributed by atoms with Crippen molar-refractivity contribution in [3.8, 4) is 22.8 Å². The molecular weight excluding hydrogens is 729 g/mol.